The first-order valence-electron chi connectivity index (χ1n) is 6.78. The van der Waals surface area contributed by atoms with E-state index < -0.39 is 10.1 Å². The number of nitrogens with zero attached hydrogens (tertiary/aromatic N) is 3. The Morgan fingerprint density at radius 2 is 1.92 bits per heavy atom. The van der Waals surface area contributed by atoms with Crippen LogP contribution >= 0.6 is 0 Å². The molecule has 0 amide bonds. The summed E-state index contributed by atoms with van der Waals surface area (Å²) in [5, 5.41) is 21.8. The minimum atomic E-state index is -4.28. The van der Waals surface area contributed by atoms with Crippen molar-refractivity contribution >= 4 is 26.5 Å². The molecule has 0 atom stereocenters. The summed E-state index contributed by atoms with van der Waals surface area (Å²) in [4.78, 5) is 2.77. The fraction of sp³-hybridized carbons (Fsp3) is 0.0667. The van der Waals surface area contributed by atoms with E-state index in [1.165, 1.54) is 30.5 Å². The molecule has 1 aliphatic carbocycles. The van der Waals surface area contributed by atoms with E-state index in [-0.39, 0.29) is 39.0 Å². The van der Waals surface area contributed by atoms with Crippen molar-refractivity contribution in [2.45, 2.75) is 6.42 Å². The van der Waals surface area contributed by atoms with Gasteiger partial charge in [-0.05, 0) is 6.07 Å². The smallest absolute Gasteiger partial charge is 0.339 e. The maximum absolute atomic E-state index is 12.6. The van der Waals surface area contributed by atoms with Gasteiger partial charge in [0.05, 0.1) is 6.42 Å². The Bertz CT molecular complexity index is 1100. The number of aliphatic hydroxyl groups excluding tert-OH is 1. The van der Waals surface area contributed by atoms with E-state index in [1.807, 2.05) is 0 Å². The predicted molar refractivity (Wildman–Crippen MR) is 83.3 cm³/mol. The van der Waals surface area contributed by atoms with Crippen molar-refractivity contribution in [1.82, 2.24) is 0 Å². The molecule has 0 unspecified atom stereocenters. The molecular formula is C15H11N3O5S. The second-order valence-electron chi connectivity index (χ2n) is 4.98. The Hall–Kier alpha value is -3.16. The molecule has 0 fully saturated rings. The average Bonchev–Trinajstić information content (AvgIpc) is 2.55. The lowest BCUT2D eigenvalue weighted by atomic mass is 10.0. The lowest BCUT2D eigenvalue weighted by Gasteiger charge is -2.12. The first-order chi connectivity index (χ1) is 11.4. The van der Waals surface area contributed by atoms with Gasteiger partial charge in [0.25, 0.3) is 0 Å². The van der Waals surface area contributed by atoms with Crippen molar-refractivity contribution in [1.29, 1.82) is 0 Å². The molecule has 122 valence electrons. The van der Waals surface area contributed by atoms with Crippen LogP contribution in [0.4, 0.5) is 0 Å². The summed E-state index contributed by atoms with van der Waals surface area (Å²) < 4.78 is 30.6. The van der Waals surface area contributed by atoms with Crippen LogP contribution in [0.2, 0.25) is 0 Å². The molecule has 2 aromatic rings. The summed E-state index contributed by atoms with van der Waals surface area (Å²) in [5.41, 5.74) is 8.82. The molecule has 1 N–H and O–H groups in total. The maximum Gasteiger partial charge on any atom is 0.339 e. The van der Waals surface area contributed by atoms with E-state index in [0.29, 0.717) is 4.73 Å². The van der Waals surface area contributed by atoms with E-state index in [2.05, 4.69) is 4.79 Å². The van der Waals surface area contributed by atoms with Crippen LogP contribution in [0.5, 0.6) is 5.75 Å². The number of benzene rings is 1. The third-order valence-electron chi connectivity index (χ3n) is 3.46. The number of hydrogen-bond acceptors (Lipinski definition) is 5. The molecule has 0 saturated heterocycles. The summed E-state index contributed by atoms with van der Waals surface area (Å²) in [6.07, 6.45) is 1.81. The van der Waals surface area contributed by atoms with Crippen LogP contribution in [0, 0.1) is 5.21 Å². The first kappa shape index (κ1) is 15.7. The van der Waals surface area contributed by atoms with Gasteiger partial charge < -0.3 is 20.0 Å². The van der Waals surface area contributed by atoms with Gasteiger partial charge in [0, 0.05) is 16.5 Å². The van der Waals surface area contributed by atoms with Crippen molar-refractivity contribution in [3.05, 3.63) is 70.0 Å². The minimum absolute atomic E-state index is 0.154. The summed E-state index contributed by atoms with van der Waals surface area (Å²) >= 11 is 0. The zero-order valence-electron chi connectivity index (χ0n) is 12.2. The predicted octanol–water partition coefficient (Wildman–Crippen LogP) is -0.422. The van der Waals surface area contributed by atoms with Crippen LogP contribution in [0.25, 0.3) is 16.2 Å². The Balaban J connectivity index is 2.22. The fourth-order valence-corrected chi connectivity index (χ4v) is 3.60. The normalized spacial score (nSPS) is 14.1. The van der Waals surface area contributed by atoms with Crippen LogP contribution in [-0.4, -0.2) is 24.0 Å². The molecule has 1 aromatic carbocycles. The van der Waals surface area contributed by atoms with E-state index in [4.69, 9.17) is 9.71 Å². The van der Waals surface area contributed by atoms with Crippen LogP contribution in [0.1, 0.15) is 6.42 Å². The molecule has 1 aromatic heterocycles. The molecule has 0 bridgehead atoms. The third kappa shape index (κ3) is 2.73. The summed E-state index contributed by atoms with van der Waals surface area (Å²) in [6, 6.07) is 8.89. The first-order valence-corrected chi connectivity index (χ1v) is 8.19. The molecule has 0 spiro atoms. The van der Waals surface area contributed by atoms with Crippen molar-refractivity contribution in [3.8, 4) is 5.75 Å². The SMILES string of the molecule is [N-]=[N+]=C1CC(S(=O)(=O)Oc2ccc[n+]([O-])c2)=c2ccccc2=C1O. The Labute approximate surface area is 136 Å². The van der Waals surface area contributed by atoms with Gasteiger partial charge in [0.2, 0.25) is 17.7 Å². The van der Waals surface area contributed by atoms with Crippen molar-refractivity contribution in [2.24, 2.45) is 0 Å². The largest absolute Gasteiger partial charge is 0.619 e. The van der Waals surface area contributed by atoms with Gasteiger partial charge in [-0.25, -0.2) is 0 Å². The Morgan fingerprint density at radius 1 is 1.21 bits per heavy atom. The molecule has 24 heavy (non-hydrogen) atoms. The number of hydrogen-bond donors (Lipinski definition) is 1. The number of fused-ring (bicyclic) bond motifs is 1. The lowest BCUT2D eigenvalue weighted by molar-refractivity contribution is -0.605. The average molecular weight is 345 g/mol. The van der Waals surface area contributed by atoms with Gasteiger partial charge in [0.15, 0.2) is 6.20 Å². The highest BCUT2D eigenvalue weighted by Crippen LogP contribution is 2.20. The van der Waals surface area contributed by atoms with Gasteiger partial charge >= 0.3 is 15.8 Å². The Morgan fingerprint density at radius 3 is 2.58 bits per heavy atom. The Kier molecular flexibility index (Phi) is 3.80. The molecule has 0 saturated carbocycles. The van der Waals surface area contributed by atoms with E-state index in [0.717, 1.165) is 6.20 Å². The van der Waals surface area contributed by atoms with Gasteiger partial charge in [-0.2, -0.15) is 17.9 Å². The molecular weight excluding hydrogens is 334 g/mol. The van der Waals surface area contributed by atoms with E-state index in [9.17, 15) is 18.7 Å². The summed E-state index contributed by atoms with van der Waals surface area (Å²) in [7, 11) is -4.28. The van der Waals surface area contributed by atoms with Gasteiger partial charge in [-0.15, -0.1) is 0 Å². The van der Waals surface area contributed by atoms with Crippen molar-refractivity contribution in [3.63, 3.8) is 0 Å². The summed E-state index contributed by atoms with van der Waals surface area (Å²) in [5.74, 6) is -0.456. The quantitative estimate of drug-likeness (QED) is 0.266. The fourth-order valence-electron chi connectivity index (χ4n) is 2.39. The monoisotopic (exact) mass is 345 g/mol. The number of rotatable bonds is 3. The van der Waals surface area contributed by atoms with E-state index >= 15 is 0 Å². The minimum Gasteiger partial charge on any atom is -0.619 e. The van der Waals surface area contributed by atoms with Gasteiger partial charge in [-0.1, -0.05) is 24.3 Å². The molecule has 8 nitrogen and oxygen atoms in total. The van der Waals surface area contributed by atoms with Gasteiger partial charge in [-0.3, -0.25) is 0 Å². The third-order valence-corrected chi connectivity index (χ3v) is 4.84. The van der Waals surface area contributed by atoms with Crippen LogP contribution in [0.15, 0.2) is 48.8 Å². The van der Waals surface area contributed by atoms with Crippen molar-refractivity contribution < 1.29 is 27.2 Å². The number of pyridine rings is 1. The molecule has 0 radical (unpaired) electrons. The number of aliphatic hydroxyl groups is 1. The summed E-state index contributed by atoms with van der Waals surface area (Å²) in [6.45, 7) is 0. The second-order valence-corrected chi connectivity index (χ2v) is 6.55. The molecule has 9 heteroatoms. The highest BCUT2D eigenvalue weighted by molar-refractivity contribution is 7.96. The molecule has 3 rings (SSSR count). The van der Waals surface area contributed by atoms with Crippen LogP contribution < -0.4 is 19.4 Å². The number of aromatic nitrogens is 1. The van der Waals surface area contributed by atoms with E-state index in [1.54, 1.807) is 12.1 Å². The zero-order chi connectivity index (χ0) is 17.3. The van der Waals surface area contributed by atoms with Crippen molar-refractivity contribution in [2.75, 3.05) is 0 Å². The maximum atomic E-state index is 12.6. The molecule has 1 aliphatic rings. The highest BCUT2D eigenvalue weighted by Gasteiger charge is 2.32. The topological polar surface area (TPSA) is 127 Å². The second kappa shape index (κ2) is 5.80. The van der Waals surface area contributed by atoms with Crippen LogP contribution in [-0.2, 0) is 10.1 Å². The highest BCUT2D eigenvalue weighted by atomic mass is 32.2. The standard InChI is InChI=1S/C15H11N3O5S/c16-17-13-8-14(11-5-1-2-6-12(11)15(13)19)24(21,22)23-10-4-3-7-18(20)9-10/h1-7,9,19H,8H2. The van der Waals surface area contributed by atoms with Crippen LogP contribution in [0.3, 0.4) is 0 Å². The van der Waals surface area contributed by atoms with Gasteiger partial charge in [0.1, 0.15) is 4.91 Å². The zero-order valence-corrected chi connectivity index (χ0v) is 13.0. The molecule has 0 aliphatic heterocycles. The lowest BCUT2D eigenvalue weighted by Crippen LogP contribution is -2.39. The molecule has 1 heterocycles.